The van der Waals surface area contributed by atoms with Crippen molar-refractivity contribution < 1.29 is 9.59 Å². The number of piperidine rings is 1. The molecule has 2 aliphatic rings. The van der Waals surface area contributed by atoms with Crippen LogP contribution in [0.3, 0.4) is 0 Å². The van der Waals surface area contributed by atoms with Crippen LogP contribution in [-0.2, 0) is 9.59 Å². The van der Waals surface area contributed by atoms with Crippen molar-refractivity contribution in [2.75, 3.05) is 50.7 Å². The largest absolute Gasteiger partial charge is 0.369 e. The molecule has 30 heavy (non-hydrogen) atoms. The van der Waals surface area contributed by atoms with Crippen molar-refractivity contribution in [1.29, 1.82) is 0 Å². The monoisotopic (exact) mass is 414 g/mol. The Morgan fingerprint density at radius 1 is 1.07 bits per heavy atom. The van der Waals surface area contributed by atoms with Gasteiger partial charge in [-0.1, -0.05) is 19.1 Å². The topological polar surface area (TPSA) is 55.9 Å². The molecule has 2 saturated heterocycles. The lowest BCUT2D eigenvalue weighted by molar-refractivity contribution is -0.142. The second kappa shape index (κ2) is 11.3. The Morgan fingerprint density at radius 2 is 1.87 bits per heavy atom. The van der Waals surface area contributed by atoms with Gasteiger partial charge in [0, 0.05) is 51.4 Å². The van der Waals surface area contributed by atoms with Gasteiger partial charge in [0.15, 0.2) is 0 Å². The average molecular weight is 415 g/mol. The summed E-state index contributed by atoms with van der Waals surface area (Å²) >= 11 is 0. The summed E-state index contributed by atoms with van der Waals surface area (Å²) in [4.78, 5) is 31.4. The highest BCUT2D eigenvalue weighted by molar-refractivity contribution is 5.87. The molecule has 1 atom stereocenters. The van der Waals surface area contributed by atoms with Gasteiger partial charge in [0.2, 0.25) is 11.8 Å². The molecule has 3 rings (SSSR count). The second-order valence-electron chi connectivity index (χ2n) is 8.62. The van der Waals surface area contributed by atoms with E-state index in [9.17, 15) is 9.59 Å². The Morgan fingerprint density at radius 3 is 2.60 bits per heavy atom. The van der Waals surface area contributed by atoms with Gasteiger partial charge in [0.05, 0.1) is 0 Å². The molecule has 1 unspecified atom stereocenters. The Bertz CT molecular complexity index is 700. The summed E-state index contributed by atoms with van der Waals surface area (Å²) in [5.41, 5.74) is 2.64. The molecule has 0 bridgehead atoms. The van der Waals surface area contributed by atoms with Crippen molar-refractivity contribution in [3.63, 3.8) is 0 Å². The van der Waals surface area contributed by atoms with E-state index in [0.29, 0.717) is 13.0 Å². The number of amides is 2. The van der Waals surface area contributed by atoms with Crippen LogP contribution in [0.2, 0.25) is 0 Å². The number of carbonyl (C=O) groups excluding carboxylic acids is 2. The minimum atomic E-state index is -0.263. The van der Waals surface area contributed by atoms with E-state index >= 15 is 0 Å². The van der Waals surface area contributed by atoms with E-state index in [0.717, 1.165) is 71.4 Å². The number of likely N-dealkylation sites (tertiary alicyclic amines) is 1. The molecule has 1 aromatic rings. The van der Waals surface area contributed by atoms with E-state index in [-0.39, 0.29) is 17.9 Å². The normalized spacial score (nSPS) is 20.3. The maximum atomic E-state index is 12.6. The highest BCUT2D eigenvalue weighted by Gasteiger charge is 2.30. The number of piperazine rings is 1. The van der Waals surface area contributed by atoms with Crippen LogP contribution in [0.15, 0.2) is 24.3 Å². The fourth-order valence-corrected chi connectivity index (χ4v) is 4.55. The number of rotatable bonds is 8. The molecular weight excluding hydrogens is 376 g/mol. The third-order valence-electron chi connectivity index (χ3n) is 6.37. The fraction of sp³-hybridized carbons (Fsp3) is 0.667. The summed E-state index contributed by atoms with van der Waals surface area (Å²) in [5, 5.41) is 3.07. The lowest BCUT2D eigenvalue weighted by atomic mass is 10.0. The maximum Gasteiger partial charge on any atom is 0.242 e. The standard InChI is InChI=1S/C24H38N4O2/c1-3-23(29)28-14-6-4-11-22(28)24(30)25-12-5-7-13-26-15-17-27(18-16-26)21-10-8-9-20(2)19-21/h8-10,19,22H,3-7,11-18H2,1-2H3,(H,25,30). The summed E-state index contributed by atoms with van der Waals surface area (Å²) in [6.07, 6.45) is 5.38. The number of nitrogens with zero attached hydrogens (tertiary/aromatic N) is 3. The molecule has 2 aliphatic heterocycles. The minimum Gasteiger partial charge on any atom is -0.369 e. The van der Waals surface area contributed by atoms with Gasteiger partial charge in [-0.25, -0.2) is 0 Å². The summed E-state index contributed by atoms with van der Waals surface area (Å²) < 4.78 is 0. The molecule has 6 nitrogen and oxygen atoms in total. The van der Waals surface area contributed by atoms with Crippen molar-refractivity contribution in [2.24, 2.45) is 0 Å². The predicted molar refractivity (Wildman–Crippen MR) is 122 cm³/mol. The van der Waals surface area contributed by atoms with Gasteiger partial charge in [-0.15, -0.1) is 0 Å². The number of aryl methyl sites for hydroxylation is 1. The lowest BCUT2D eigenvalue weighted by Gasteiger charge is -2.36. The van der Waals surface area contributed by atoms with Gasteiger partial charge >= 0.3 is 0 Å². The Labute approximate surface area is 181 Å². The molecule has 0 aliphatic carbocycles. The first-order valence-electron chi connectivity index (χ1n) is 11.7. The number of anilines is 1. The third kappa shape index (κ3) is 6.21. The third-order valence-corrected chi connectivity index (χ3v) is 6.37. The van der Waals surface area contributed by atoms with Crippen molar-refractivity contribution in [3.8, 4) is 0 Å². The molecule has 1 aromatic carbocycles. The molecule has 0 spiro atoms. The molecular formula is C24H38N4O2. The summed E-state index contributed by atoms with van der Waals surface area (Å²) in [5.74, 6) is 0.128. The lowest BCUT2D eigenvalue weighted by Crippen LogP contribution is -2.52. The van der Waals surface area contributed by atoms with Crippen molar-refractivity contribution in [2.45, 2.75) is 58.4 Å². The SMILES string of the molecule is CCC(=O)N1CCCCC1C(=O)NCCCCN1CCN(c2cccc(C)c2)CC1. The summed E-state index contributed by atoms with van der Waals surface area (Å²) in [7, 11) is 0. The minimum absolute atomic E-state index is 0.0308. The fourth-order valence-electron chi connectivity index (χ4n) is 4.55. The molecule has 1 N–H and O–H groups in total. The number of unbranched alkanes of at least 4 members (excludes halogenated alkanes) is 1. The van der Waals surface area contributed by atoms with E-state index in [1.165, 1.54) is 11.3 Å². The van der Waals surface area contributed by atoms with Gasteiger partial charge in [-0.05, 0) is 63.3 Å². The van der Waals surface area contributed by atoms with Crippen molar-refractivity contribution in [3.05, 3.63) is 29.8 Å². The first kappa shape index (κ1) is 22.6. The molecule has 0 saturated carbocycles. The quantitative estimate of drug-likeness (QED) is 0.665. The van der Waals surface area contributed by atoms with E-state index < -0.39 is 0 Å². The highest BCUT2D eigenvalue weighted by Crippen LogP contribution is 2.19. The Hall–Kier alpha value is -2.08. The van der Waals surface area contributed by atoms with Crippen molar-refractivity contribution >= 4 is 17.5 Å². The van der Waals surface area contributed by atoms with E-state index in [4.69, 9.17) is 0 Å². The number of benzene rings is 1. The average Bonchev–Trinajstić information content (AvgIpc) is 2.78. The number of nitrogens with one attached hydrogen (secondary N) is 1. The van der Waals surface area contributed by atoms with Crippen LogP contribution in [0, 0.1) is 6.92 Å². The van der Waals surface area contributed by atoms with Crippen LogP contribution in [0.25, 0.3) is 0 Å². The first-order valence-corrected chi connectivity index (χ1v) is 11.7. The first-order chi connectivity index (χ1) is 14.6. The zero-order chi connectivity index (χ0) is 21.3. The molecule has 2 heterocycles. The van der Waals surface area contributed by atoms with Gasteiger partial charge < -0.3 is 15.1 Å². The number of carbonyl (C=O) groups is 2. The summed E-state index contributed by atoms with van der Waals surface area (Å²) in [6.45, 7) is 10.9. The molecule has 0 aromatic heterocycles. The Kier molecular flexibility index (Phi) is 8.55. The van der Waals surface area contributed by atoms with E-state index in [1.807, 2.05) is 6.92 Å². The van der Waals surface area contributed by atoms with Crippen molar-refractivity contribution in [1.82, 2.24) is 15.1 Å². The highest BCUT2D eigenvalue weighted by atomic mass is 16.2. The van der Waals surface area contributed by atoms with Gasteiger partial charge in [0.25, 0.3) is 0 Å². The van der Waals surface area contributed by atoms with Crippen LogP contribution in [0.1, 0.15) is 51.0 Å². The van der Waals surface area contributed by atoms with Gasteiger partial charge in [-0.3, -0.25) is 14.5 Å². The van der Waals surface area contributed by atoms with Crippen LogP contribution in [0.4, 0.5) is 5.69 Å². The molecule has 2 fully saturated rings. The van der Waals surface area contributed by atoms with Gasteiger partial charge in [-0.2, -0.15) is 0 Å². The Balaban J connectivity index is 1.31. The van der Waals surface area contributed by atoms with E-state index in [1.54, 1.807) is 4.90 Å². The van der Waals surface area contributed by atoms with E-state index in [2.05, 4.69) is 46.3 Å². The zero-order valence-electron chi connectivity index (χ0n) is 18.7. The van der Waals surface area contributed by atoms with Crippen LogP contribution in [-0.4, -0.2) is 73.5 Å². The van der Waals surface area contributed by atoms with Gasteiger partial charge in [0.1, 0.15) is 6.04 Å². The maximum absolute atomic E-state index is 12.6. The zero-order valence-corrected chi connectivity index (χ0v) is 18.7. The second-order valence-corrected chi connectivity index (χ2v) is 8.62. The smallest absolute Gasteiger partial charge is 0.242 e. The molecule has 6 heteroatoms. The molecule has 166 valence electrons. The summed E-state index contributed by atoms with van der Waals surface area (Å²) in [6, 6.07) is 8.48. The molecule has 0 radical (unpaired) electrons. The van der Waals surface area contributed by atoms with Crippen LogP contribution in [0.5, 0.6) is 0 Å². The van der Waals surface area contributed by atoms with Crippen LogP contribution < -0.4 is 10.2 Å². The predicted octanol–water partition coefficient (Wildman–Crippen LogP) is 2.80. The molecule has 2 amide bonds. The number of hydrogen-bond acceptors (Lipinski definition) is 4. The number of hydrogen-bond donors (Lipinski definition) is 1. The van der Waals surface area contributed by atoms with Crippen LogP contribution >= 0.6 is 0 Å².